The van der Waals surface area contributed by atoms with Gasteiger partial charge in [0, 0.05) is 6.54 Å². The van der Waals surface area contributed by atoms with E-state index in [1.165, 1.54) is 18.3 Å². The van der Waals surface area contributed by atoms with E-state index < -0.39 is 17.6 Å². The zero-order chi connectivity index (χ0) is 15.6. The molecule has 1 aromatic carbocycles. The second-order valence-electron chi connectivity index (χ2n) is 4.17. The van der Waals surface area contributed by atoms with Gasteiger partial charge in [-0.3, -0.25) is 4.79 Å². The highest BCUT2D eigenvalue weighted by Crippen LogP contribution is 2.31. The van der Waals surface area contributed by atoms with Crippen LogP contribution in [-0.4, -0.2) is 22.2 Å². The number of amides is 1. The Kier molecular flexibility index (Phi) is 4.22. The average Bonchev–Trinajstić information content (AvgIpc) is 2.80. The van der Waals surface area contributed by atoms with Crippen LogP contribution in [-0.2, 0) is 6.18 Å². The van der Waals surface area contributed by atoms with Gasteiger partial charge in [-0.05, 0) is 25.1 Å². The van der Waals surface area contributed by atoms with Crippen molar-refractivity contribution < 1.29 is 18.0 Å². The predicted molar refractivity (Wildman–Crippen MR) is 71.6 cm³/mol. The SMILES string of the molecule is CCNC(=O)c1cnn(-c2cccc(C(F)(F)F)c2)c1Cl. The summed E-state index contributed by atoms with van der Waals surface area (Å²) >= 11 is 6.01. The van der Waals surface area contributed by atoms with Gasteiger partial charge in [-0.15, -0.1) is 0 Å². The highest BCUT2D eigenvalue weighted by molar-refractivity contribution is 6.33. The molecule has 1 heterocycles. The van der Waals surface area contributed by atoms with Crippen LogP contribution in [0, 0.1) is 0 Å². The zero-order valence-corrected chi connectivity index (χ0v) is 11.7. The number of carbonyl (C=O) groups is 1. The second-order valence-corrected chi connectivity index (χ2v) is 4.53. The molecule has 0 unspecified atom stereocenters. The molecule has 0 aliphatic rings. The molecule has 0 bridgehead atoms. The monoisotopic (exact) mass is 317 g/mol. The maximum absolute atomic E-state index is 12.7. The third-order valence-electron chi connectivity index (χ3n) is 2.71. The first kappa shape index (κ1) is 15.4. The third kappa shape index (κ3) is 3.18. The van der Waals surface area contributed by atoms with E-state index in [1.54, 1.807) is 6.92 Å². The molecule has 1 aromatic heterocycles. The Balaban J connectivity index is 2.42. The minimum absolute atomic E-state index is 0.0414. The van der Waals surface area contributed by atoms with Crippen LogP contribution >= 0.6 is 11.6 Å². The van der Waals surface area contributed by atoms with Crippen LogP contribution in [0.3, 0.4) is 0 Å². The van der Waals surface area contributed by atoms with Gasteiger partial charge in [0.05, 0.1) is 23.0 Å². The van der Waals surface area contributed by atoms with Crippen molar-refractivity contribution >= 4 is 17.5 Å². The van der Waals surface area contributed by atoms with E-state index in [0.29, 0.717) is 6.54 Å². The second kappa shape index (κ2) is 5.77. The molecule has 0 fully saturated rings. The maximum atomic E-state index is 12.7. The fourth-order valence-electron chi connectivity index (χ4n) is 1.74. The van der Waals surface area contributed by atoms with Gasteiger partial charge in [0.1, 0.15) is 5.15 Å². The summed E-state index contributed by atoms with van der Waals surface area (Å²) in [6.07, 6.45) is -3.24. The maximum Gasteiger partial charge on any atom is 0.416 e. The zero-order valence-electron chi connectivity index (χ0n) is 10.9. The van der Waals surface area contributed by atoms with Gasteiger partial charge < -0.3 is 5.32 Å². The summed E-state index contributed by atoms with van der Waals surface area (Å²) in [5.74, 6) is -0.430. The van der Waals surface area contributed by atoms with Crippen LogP contribution < -0.4 is 5.32 Å². The first-order chi connectivity index (χ1) is 9.84. The van der Waals surface area contributed by atoms with Crippen molar-refractivity contribution in [1.29, 1.82) is 0 Å². The number of hydrogen-bond donors (Lipinski definition) is 1. The number of rotatable bonds is 3. The minimum Gasteiger partial charge on any atom is -0.352 e. The van der Waals surface area contributed by atoms with E-state index in [9.17, 15) is 18.0 Å². The van der Waals surface area contributed by atoms with Crippen molar-refractivity contribution in [3.8, 4) is 5.69 Å². The van der Waals surface area contributed by atoms with Crippen LogP contribution in [0.25, 0.3) is 5.69 Å². The van der Waals surface area contributed by atoms with Gasteiger partial charge in [0.15, 0.2) is 0 Å². The summed E-state index contributed by atoms with van der Waals surface area (Å²) in [6.45, 7) is 2.15. The number of halogens is 4. The number of hydrogen-bond acceptors (Lipinski definition) is 2. The number of nitrogens with one attached hydrogen (secondary N) is 1. The van der Waals surface area contributed by atoms with E-state index in [2.05, 4.69) is 10.4 Å². The Labute approximate surface area is 123 Å². The van der Waals surface area contributed by atoms with Crippen molar-refractivity contribution in [2.75, 3.05) is 6.54 Å². The summed E-state index contributed by atoms with van der Waals surface area (Å²) in [6, 6.07) is 4.55. The van der Waals surface area contributed by atoms with Crippen LogP contribution in [0.5, 0.6) is 0 Å². The lowest BCUT2D eigenvalue weighted by molar-refractivity contribution is -0.137. The van der Waals surface area contributed by atoms with E-state index in [1.807, 2.05) is 0 Å². The fraction of sp³-hybridized carbons (Fsp3) is 0.231. The van der Waals surface area contributed by atoms with Gasteiger partial charge in [-0.2, -0.15) is 18.3 Å². The van der Waals surface area contributed by atoms with Crippen molar-refractivity contribution in [1.82, 2.24) is 15.1 Å². The highest BCUT2D eigenvalue weighted by atomic mass is 35.5. The summed E-state index contributed by atoms with van der Waals surface area (Å²) < 4.78 is 39.2. The van der Waals surface area contributed by atoms with Gasteiger partial charge >= 0.3 is 6.18 Å². The summed E-state index contributed by atoms with van der Waals surface area (Å²) in [4.78, 5) is 11.7. The van der Waals surface area contributed by atoms with E-state index in [4.69, 9.17) is 11.6 Å². The molecule has 0 saturated carbocycles. The van der Waals surface area contributed by atoms with Gasteiger partial charge in [-0.25, -0.2) is 4.68 Å². The van der Waals surface area contributed by atoms with Crippen molar-refractivity contribution in [2.24, 2.45) is 0 Å². The predicted octanol–water partition coefficient (Wildman–Crippen LogP) is 3.29. The lowest BCUT2D eigenvalue weighted by Crippen LogP contribution is -2.22. The Morgan fingerprint density at radius 3 is 2.76 bits per heavy atom. The van der Waals surface area contributed by atoms with Crippen LogP contribution in [0.4, 0.5) is 13.2 Å². The molecule has 1 N–H and O–H groups in total. The van der Waals surface area contributed by atoms with Crippen molar-refractivity contribution in [2.45, 2.75) is 13.1 Å². The van der Waals surface area contributed by atoms with E-state index in [0.717, 1.165) is 16.8 Å². The van der Waals surface area contributed by atoms with Crippen LogP contribution in [0.2, 0.25) is 5.15 Å². The molecule has 8 heteroatoms. The van der Waals surface area contributed by atoms with Crippen molar-refractivity contribution in [3.05, 3.63) is 46.7 Å². The Morgan fingerprint density at radius 2 is 2.14 bits per heavy atom. The van der Waals surface area contributed by atoms with Crippen molar-refractivity contribution in [3.63, 3.8) is 0 Å². The topological polar surface area (TPSA) is 46.9 Å². The Hall–Kier alpha value is -2.02. The smallest absolute Gasteiger partial charge is 0.352 e. The number of alkyl halides is 3. The molecular weight excluding hydrogens is 307 g/mol. The molecule has 2 aromatic rings. The molecule has 0 radical (unpaired) electrons. The molecule has 0 saturated heterocycles. The molecule has 4 nitrogen and oxygen atoms in total. The quantitative estimate of drug-likeness (QED) is 0.944. The minimum atomic E-state index is -4.46. The summed E-state index contributed by atoms with van der Waals surface area (Å²) in [5, 5.41) is 6.37. The van der Waals surface area contributed by atoms with Gasteiger partial charge in [0.25, 0.3) is 5.91 Å². The molecule has 0 aliphatic carbocycles. The summed E-state index contributed by atoms with van der Waals surface area (Å²) in [5.41, 5.74) is -0.576. The number of aromatic nitrogens is 2. The van der Waals surface area contributed by atoms with Crippen LogP contribution in [0.15, 0.2) is 30.5 Å². The number of nitrogens with zero attached hydrogens (tertiary/aromatic N) is 2. The number of benzene rings is 1. The molecule has 1 amide bonds. The largest absolute Gasteiger partial charge is 0.416 e. The molecule has 0 spiro atoms. The molecule has 112 valence electrons. The Morgan fingerprint density at radius 1 is 1.43 bits per heavy atom. The fourth-order valence-corrected chi connectivity index (χ4v) is 2.01. The van der Waals surface area contributed by atoms with E-state index >= 15 is 0 Å². The molecule has 0 aliphatic heterocycles. The third-order valence-corrected chi connectivity index (χ3v) is 3.07. The standard InChI is InChI=1S/C13H11ClF3N3O/c1-2-18-12(21)10-7-19-20(11(10)14)9-5-3-4-8(6-9)13(15,16)17/h3-7H,2H2,1H3,(H,18,21). The normalized spacial score (nSPS) is 11.5. The van der Waals surface area contributed by atoms with E-state index in [-0.39, 0.29) is 16.4 Å². The van der Waals surface area contributed by atoms with Gasteiger partial charge in [0.2, 0.25) is 0 Å². The lowest BCUT2D eigenvalue weighted by atomic mass is 10.2. The van der Waals surface area contributed by atoms with Crippen LogP contribution in [0.1, 0.15) is 22.8 Å². The average molecular weight is 318 g/mol. The molecule has 21 heavy (non-hydrogen) atoms. The lowest BCUT2D eigenvalue weighted by Gasteiger charge is -2.09. The first-order valence-electron chi connectivity index (χ1n) is 6.04. The van der Waals surface area contributed by atoms with Gasteiger partial charge in [-0.1, -0.05) is 17.7 Å². The number of carbonyl (C=O) groups excluding carboxylic acids is 1. The summed E-state index contributed by atoms with van der Waals surface area (Å²) in [7, 11) is 0. The molecular formula is C13H11ClF3N3O. The Bertz CT molecular complexity index is 667. The first-order valence-corrected chi connectivity index (χ1v) is 6.41. The highest BCUT2D eigenvalue weighted by Gasteiger charge is 2.30. The molecule has 2 rings (SSSR count). The molecule has 0 atom stereocenters.